The van der Waals surface area contributed by atoms with Gasteiger partial charge in [0.25, 0.3) is 0 Å². The monoisotopic (exact) mass is 374 g/mol. The maximum Gasteiger partial charge on any atom is 0.198 e. The topological polar surface area (TPSA) is 86.7 Å². The molecule has 0 atom stereocenters. The maximum atomic E-state index is 13.1. The van der Waals surface area contributed by atoms with E-state index < -0.39 is 23.1 Å². The largest absolute Gasteiger partial charge is 0.496 e. The second-order valence-electron chi connectivity index (χ2n) is 6.27. The minimum absolute atomic E-state index is 0.0880. The van der Waals surface area contributed by atoms with Crippen LogP contribution in [-0.4, -0.2) is 37.4 Å². The summed E-state index contributed by atoms with van der Waals surface area (Å²) in [7, 11) is 2.80. The number of ether oxygens (including phenoxy) is 2. The van der Waals surface area contributed by atoms with Crippen LogP contribution in [0.15, 0.2) is 59.7 Å². The standard InChI is InChI=1S/C22H14O6/c1-27-17-7-4-6-12-19(17)16(24)10-13(21(12)25)14-9-15(23)11-5-3-8-18(28-2)20(11)22(14)26/h3-10H,1-2H3. The molecule has 0 unspecified atom stereocenters. The van der Waals surface area contributed by atoms with E-state index in [-0.39, 0.29) is 44.9 Å². The molecule has 2 aliphatic rings. The fraction of sp³-hybridized carbons (Fsp3) is 0.0909. The normalized spacial score (nSPS) is 15.5. The molecule has 0 radical (unpaired) electrons. The van der Waals surface area contributed by atoms with Gasteiger partial charge in [-0.05, 0) is 24.3 Å². The maximum absolute atomic E-state index is 13.1. The minimum Gasteiger partial charge on any atom is -0.496 e. The number of fused-ring (bicyclic) bond motifs is 2. The predicted molar refractivity (Wildman–Crippen MR) is 99.5 cm³/mol. The van der Waals surface area contributed by atoms with Gasteiger partial charge in [0.1, 0.15) is 11.5 Å². The van der Waals surface area contributed by atoms with Crippen LogP contribution in [0.1, 0.15) is 41.4 Å². The van der Waals surface area contributed by atoms with E-state index in [4.69, 9.17) is 9.47 Å². The molecule has 138 valence electrons. The molecule has 2 aromatic carbocycles. The fourth-order valence-corrected chi connectivity index (χ4v) is 3.51. The van der Waals surface area contributed by atoms with Gasteiger partial charge in [-0.2, -0.15) is 0 Å². The van der Waals surface area contributed by atoms with Crippen molar-refractivity contribution in [2.24, 2.45) is 0 Å². The highest BCUT2D eigenvalue weighted by Gasteiger charge is 2.36. The van der Waals surface area contributed by atoms with Crippen LogP contribution in [0.25, 0.3) is 0 Å². The first-order valence-electron chi connectivity index (χ1n) is 8.43. The quantitative estimate of drug-likeness (QED) is 0.821. The number of ketones is 4. The van der Waals surface area contributed by atoms with Crippen molar-refractivity contribution in [1.82, 2.24) is 0 Å². The van der Waals surface area contributed by atoms with Crippen molar-refractivity contribution in [2.75, 3.05) is 14.2 Å². The number of Topliss-reactive ketones (excluding diaryl/α,β-unsaturated/α-hetero) is 2. The summed E-state index contributed by atoms with van der Waals surface area (Å²) in [6.45, 7) is 0. The number of rotatable bonds is 3. The van der Waals surface area contributed by atoms with Gasteiger partial charge in [0.2, 0.25) is 0 Å². The molecule has 0 N–H and O–H groups in total. The van der Waals surface area contributed by atoms with E-state index >= 15 is 0 Å². The molecule has 6 heteroatoms. The third-order valence-corrected chi connectivity index (χ3v) is 4.81. The highest BCUT2D eigenvalue weighted by molar-refractivity contribution is 6.35. The van der Waals surface area contributed by atoms with Crippen LogP contribution in [0.2, 0.25) is 0 Å². The molecule has 4 rings (SSSR count). The zero-order valence-electron chi connectivity index (χ0n) is 15.1. The van der Waals surface area contributed by atoms with Crippen molar-refractivity contribution >= 4 is 23.1 Å². The Morgan fingerprint density at radius 1 is 0.607 bits per heavy atom. The molecular formula is C22H14O6. The summed E-state index contributed by atoms with van der Waals surface area (Å²) in [5.74, 6) is -1.43. The molecule has 6 nitrogen and oxygen atoms in total. The molecule has 0 aliphatic heterocycles. The molecule has 0 bridgehead atoms. The molecule has 0 amide bonds. The first-order valence-corrected chi connectivity index (χ1v) is 8.43. The lowest BCUT2D eigenvalue weighted by Crippen LogP contribution is -2.25. The summed E-state index contributed by atoms with van der Waals surface area (Å²) in [5.41, 5.74) is 0.339. The van der Waals surface area contributed by atoms with Crippen LogP contribution in [0.3, 0.4) is 0 Å². The van der Waals surface area contributed by atoms with E-state index in [2.05, 4.69) is 0 Å². The number of benzene rings is 2. The molecule has 0 saturated carbocycles. The second kappa shape index (κ2) is 6.42. The number of carbonyl (C=O) groups is 4. The number of allylic oxidation sites excluding steroid dienone is 4. The van der Waals surface area contributed by atoms with Gasteiger partial charge >= 0.3 is 0 Å². The molecule has 0 fully saturated rings. The van der Waals surface area contributed by atoms with E-state index in [1.807, 2.05) is 0 Å². The van der Waals surface area contributed by atoms with Crippen LogP contribution in [0.5, 0.6) is 11.5 Å². The van der Waals surface area contributed by atoms with Crippen molar-refractivity contribution in [3.63, 3.8) is 0 Å². The van der Waals surface area contributed by atoms with E-state index in [9.17, 15) is 19.2 Å². The van der Waals surface area contributed by atoms with Crippen LogP contribution < -0.4 is 9.47 Å². The van der Waals surface area contributed by atoms with Crippen LogP contribution in [-0.2, 0) is 0 Å². The van der Waals surface area contributed by atoms with Crippen molar-refractivity contribution < 1.29 is 28.7 Å². The van der Waals surface area contributed by atoms with Gasteiger partial charge in [0.15, 0.2) is 23.1 Å². The van der Waals surface area contributed by atoms with Crippen LogP contribution >= 0.6 is 0 Å². The Bertz CT molecular complexity index is 1150. The molecule has 0 aromatic heterocycles. The zero-order chi connectivity index (χ0) is 20.0. The highest BCUT2D eigenvalue weighted by Crippen LogP contribution is 2.36. The third-order valence-electron chi connectivity index (χ3n) is 4.81. The lowest BCUT2D eigenvalue weighted by atomic mass is 9.79. The lowest BCUT2D eigenvalue weighted by molar-refractivity contribution is 0.0960. The smallest absolute Gasteiger partial charge is 0.198 e. The Hall–Kier alpha value is -3.80. The lowest BCUT2D eigenvalue weighted by Gasteiger charge is -2.22. The molecule has 28 heavy (non-hydrogen) atoms. The Balaban J connectivity index is 1.87. The summed E-state index contributed by atoms with van der Waals surface area (Å²) < 4.78 is 10.4. The van der Waals surface area contributed by atoms with Crippen LogP contribution in [0, 0.1) is 0 Å². The molecule has 0 saturated heterocycles. The Morgan fingerprint density at radius 2 is 1.14 bits per heavy atom. The van der Waals surface area contributed by atoms with Gasteiger partial charge in [0.05, 0.1) is 25.3 Å². The Labute approximate surface area is 160 Å². The molecule has 2 aliphatic carbocycles. The number of carbonyl (C=O) groups excluding carboxylic acids is 4. The van der Waals surface area contributed by atoms with Gasteiger partial charge in [-0.3, -0.25) is 19.2 Å². The zero-order valence-corrected chi connectivity index (χ0v) is 15.1. The Kier molecular flexibility index (Phi) is 4.04. The van der Waals surface area contributed by atoms with Crippen molar-refractivity contribution in [2.45, 2.75) is 0 Å². The molecular weight excluding hydrogens is 360 g/mol. The minimum atomic E-state index is -0.536. The van der Waals surface area contributed by atoms with E-state index in [0.717, 1.165) is 12.2 Å². The predicted octanol–water partition coefficient (Wildman–Crippen LogP) is 3.01. The average Bonchev–Trinajstić information content (AvgIpc) is 2.72. The van der Waals surface area contributed by atoms with Crippen molar-refractivity contribution in [3.05, 3.63) is 82.0 Å². The highest BCUT2D eigenvalue weighted by atomic mass is 16.5. The number of hydrogen-bond donors (Lipinski definition) is 0. The molecule has 0 spiro atoms. The Morgan fingerprint density at radius 3 is 1.79 bits per heavy atom. The van der Waals surface area contributed by atoms with Gasteiger partial charge in [0, 0.05) is 22.3 Å². The fourth-order valence-electron chi connectivity index (χ4n) is 3.51. The van der Waals surface area contributed by atoms with Gasteiger partial charge in [-0.15, -0.1) is 0 Å². The van der Waals surface area contributed by atoms with E-state index in [0.29, 0.717) is 0 Å². The molecule has 0 heterocycles. The van der Waals surface area contributed by atoms with Gasteiger partial charge < -0.3 is 9.47 Å². The summed E-state index contributed by atoms with van der Waals surface area (Å²) in [4.78, 5) is 51.4. The number of methoxy groups -OCH3 is 2. The second-order valence-corrected chi connectivity index (χ2v) is 6.27. The summed E-state index contributed by atoms with van der Waals surface area (Å²) in [6, 6.07) is 9.36. The van der Waals surface area contributed by atoms with E-state index in [1.165, 1.54) is 26.4 Å². The van der Waals surface area contributed by atoms with Gasteiger partial charge in [-0.25, -0.2) is 0 Å². The summed E-state index contributed by atoms with van der Waals surface area (Å²) in [5, 5.41) is 0. The third kappa shape index (κ3) is 2.42. The van der Waals surface area contributed by atoms with Crippen molar-refractivity contribution in [1.29, 1.82) is 0 Å². The summed E-state index contributed by atoms with van der Waals surface area (Å²) in [6.07, 6.45) is 2.19. The number of hydrogen-bond acceptors (Lipinski definition) is 6. The van der Waals surface area contributed by atoms with Gasteiger partial charge in [-0.1, -0.05) is 24.3 Å². The van der Waals surface area contributed by atoms with Crippen LogP contribution in [0.4, 0.5) is 0 Å². The average molecular weight is 374 g/mol. The molecule has 2 aromatic rings. The first-order chi connectivity index (χ1) is 13.5. The van der Waals surface area contributed by atoms with Crippen molar-refractivity contribution in [3.8, 4) is 11.5 Å². The van der Waals surface area contributed by atoms with E-state index in [1.54, 1.807) is 24.3 Å². The summed E-state index contributed by atoms with van der Waals surface area (Å²) >= 11 is 0. The SMILES string of the molecule is COc1cccc2c1C(=O)C=C(C1=CC(=O)c3cccc(OC)c3C1=O)C2=O. The first kappa shape index (κ1) is 17.6.